The summed E-state index contributed by atoms with van der Waals surface area (Å²) in [5, 5.41) is 1.91. The first kappa shape index (κ1) is 7.32. The van der Waals surface area contributed by atoms with Gasteiger partial charge in [-0.05, 0) is 12.1 Å². The van der Waals surface area contributed by atoms with Gasteiger partial charge in [0.05, 0.1) is 11.4 Å². The molecule has 0 amide bonds. The molecule has 0 aromatic heterocycles. The molecule has 2 aliphatic heterocycles. The van der Waals surface area contributed by atoms with Crippen molar-refractivity contribution in [3.05, 3.63) is 36.5 Å². The Kier molecular flexibility index (Phi) is 1.41. The van der Waals surface area contributed by atoms with E-state index in [0.29, 0.717) is 0 Å². The van der Waals surface area contributed by atoms with E-state index in [1.54, 1.807) is 6.34 Å². The molecule has 68 valence electrons. The van der Waals surface area contributed by atoms with Crippen molar-refractivity contribution in [1.29, 1.82) is 0 Å². The van der Waals surface area contributed by atoms with E-state index in [1.807, 2.05) is 41.6 Å². The smallest absolute Gasteiger partial charge is 0.155 e. The molecule has 0 bridgehead atoms. The normalized spacial score (nSPS) is 16.9. The predicted octanol–water partition coefficient (Wildman–Crippen LogP) is 1.60. The van der Waals surface area contributed by atoms with Crippen molar-refractivity contribution < 1.29 is 0 Å². The zero-order chi connectivity index (χ0) is 9.38. The molecule has 2 aliphatic rings. The Morgan fingerprint density at radius 1 is 1.21 bits per heavy atom. The lowest BCUT2D eigenvalue weighted by Gasteiger charge is -2.18. The molecule has 1 aromatic rings. The number of fused-ring (bicyclic) bond motifs is 3. The Labute approximate surface area is 81.3 Å². The van der Waals surface area contributed by atoms with Gasteiger partial charge in [0.15, 0.2) is 5.84 Å². The molecule has 0 saturated heterocycles. The summed E-state index contributed by atoms with van der Waals surface area (Å²) in [7, 11) is 0. The molecule has 0 atom stereocenters. The summed E-state index contributed by atoms with van der Waals surface area (Å²) >= 11 is 0. The number of hydrazine groups is 1. The highest BCUT2D eigenvalue weighted by Crippen LogP contribution is 2.29. The number of nitrogens with one attached hydrogen (secondary N) is 1. The largest absolute Gasteiger partial charge is 0.299 e. The second kappa shape index (κ2) is 2.70. The topological polar surface area (TPSA) is 40.0 Å². The summed E-state index contributed by atoms with van der Waals surface area (Å²) in [6.07, 6.45) is 5.34. The van der Waals surface area contributed by atoms with Crippen LogP contribution in [0.2, 0.25) is 0 Å². The van der Waals surface area contributed by atoms with E-state index in [2.05, 4.69) is 15.4 Å². The predicted molar refractivity (Wildman–Crippen MR) is 56.8 cm³/mol. The van der Waals surface area contributed by atoms with Crippen LogP contribution >= 0.6 is 0 Å². The first-order valence-electron chi connectivity index (χ1n) is 4.37. The number of para-hydroxylation sites is 2. The molecule has 14 heavy (non-hydrogen) atoms. The Balaban J connectivity index is 2.20. The molecular formula is C10H8N4. The van der Waals surface area contributed by atoms with Gasteiger partial charge in [0.1, 0.15) is 6.34 Å². The molecule has 0 radical (unpaired) electrons. The van der Waals surface area contributed by atoms with Crippen molar-refractivity contribution in [2.24, 2.45) is 9.98 Å². The first-order chi connectivity index (χ1) is 6.95. The Morgan fingerprint density at radius 2 is 2.14 bits per heavy atom. The Bertz CT molecular complexity index is 459. The van der Waals surface area contributed by atoms with Crippen LogP contribution in [0.15, 0.2) is 46.5 Å². The van der Waals surface area contributed by atoms with Crippen LogP contribution in [0.1, 0.15) is 0 Å². The van der Waals surface area contributed by atoms with Crippen molar-refractivity contribution in [3.8, 4) is 0 Å². The molecule has 1 aromatic carbocycles. The Morgan fingerprint density at radius 3 is 3.14 bits per heavy atom. The third-order valence-electron chi connectivity index (χ3n) is 2.17. The van der Waals surface area contributed by atoms with E-state index in [4.69, 9.17) is 0 Å². The number of hydrogen-bond acceptors (Lipinski definition) is 4. The molecule has 3 rings (SSSR count). The molecule has 0 fully saturated rings. The first-order valence-corrected chi connectivity index (χ1v) is 4.37. The quantitative estimate of drug-likeness (QED) is 0.665. The van der Waals surface area contributed by atoms with E-state index >= 15 is 0 Å². The van der Waals surface area contributed by atoms with Gasteiger partial charge in [0.2, 0.25) is 0 Å². The van der Waals surface area contributed by atoms with E-state index in [1.165, 1.54) is 0 Å². The van der Waals surface area contributed by atoms with E-state index < -0.39 is 0 Å². The van der Waals surface area contributed by atoms with E-state index in [0.717, 1.165) is 17.2 Å². The van der Waals surface area contributed by atoms with Gasteiger partial charge in [-0.15, -0.1) is 0 Å². The molecule has 0 spiro atoms. The number of amidine groups is 1. The van der Waals surface area contributed by atoms with Gasteiger partial charge >= 0.3 is 0 Å². The van der Waals surface area contributed by atoms with Crippen LogP contribution in [0.5, 0.6) is 0 Å². The number of aliphatic imine (C=N–C) groups is 2. The Hall–Kier alpha value is -2.10. The molecule has 1 N–H and O–H groups in total. The van der Waals surface area contributed by atoms with Crippen LogP contribution in [-0.2, 0) is 0 Å². The fourth-order valence-electron chi connectivity index (χ4n) is 1.53. The number of anilines is 1. The zero-order valence-electron chi connectivity index (χ0n) is 7.38. The monoisotopic (exact) mass is 184 g/mol. The van der Waals surface area contributed by atoms with Gasteiger partial charge in [0.25, 0.3) is 0 Å². The van der Waals surface area contributed by atoms with Crippen LogP contribution in [-0.4, -0.2) is 12.2 Å². The van der Waals surface area contributed by atoms with E-state index in [-0.39, 0.29) is 0 Å². The minimum Gasteiger partial charge on any atom is -0.299 e. The molecular weight excluding hydrogens is 176 g/mol. The van der Waals surface area contributed by atoms with Crippen LogP contribution < -0.4 is 10.4 Å². The molecule has 4 heteroatoms. The van der Waals surface area contributed by atoms with Gasteiger partial charge in [-0.3, -0.25) is 5.43 Å². The number of benzene rings is 1. The molecule has 0 unspecified atom stereocenters. The molecule has 0 saturated carbocycles. The third-order valence-corrected chi connectivity index (χ3v) is 2.17. The zero-order valence-corrected chi connectivity index (χ0v) is 7.38. The lowest BCUT2D eigenvalue weighted by molar-refractivity contribution is 0.948. The fourth-order valence-corrected chi connectivity index (χ4v) is 1.53. The second-order valence-corrected chi connectivity index (χ2v) is 3.02. The maximum atomic E-state index is 4.24. The van der Waals surface area contributed by atoms with Crippen molar-refractivity contribution in [2.75, 3.05) is 5.01 Å². The fraction of sp³-hybridized carbons (Fsp3) is 0. The van der Waals surface area contributed by atoms with Crippen LogP contribution in [0.25, 0.3) is 0 Å². The number of nitrogens with zero attached hydrogens (tertiary/aromatic N) is 3. The van der Waals surface area contributed by atoms with Gasteiger partial charge in [-0.2, -0.15) is 0 Å². The summed E-state index contributed by atoms with van der Waals surface area (Å²) in [4.78, 5) is 8.44. The van der Waals surface area contributed by atoms with Crippen LogP contribution in [0.4, 0.5) is 11.4 Å². The highest BCUT2D eigenvalue weighted by molar-refractivity contribution is 6.12. The average Bonchev–Trinajstić information content (AvgIpc) is 2.61. The highest BCUT2D eigenvalue weighted by Gasteiger charge is 2.18. The number of rotatable bonds is 0. The standard InChI is InChI=1S/C10H8N4/c1-2-4-9-8(3-1)11-7-12-10-5-6-13-14(9)10/h1-7,13H. The minimum absolute atomic E-state index is 0.860. The van der Waals surface area contributed by atoms with Crippen LogP contribution in [0.3, 0.4) is 0 Å². The summed E-state index contributed by atoms with van der Waals surface area (Å²) in [6.45, 7) is 0. The second-order valence-electron chi connectivity index (χ2n) is 3.02. The third kappa shape index (κ3) is 0.939. The van der Waals surface area contributed by atoms with Gasteiger partial charge in [-0.1, -0.05) is 12.1 Å². The van der Waals surface area contributed by atoms with Crippen LogP contribution in [0, 0.1) is 0 Å². The van der Waals surface area contributed by atoms with Gasteiger partial charge < -0.3 is 0 Å². The lowest BCUT2D eigenvalue weighted by Crippen LogP contribution is -2.33. The average molecular weight is 184 g/mol. The maximum absolute atomic E-state index is 4.24. The van der Waals surface area contributed by atoms with Crippen molar-refractivity contribution in [1.82, 2.24) is 5.43 Å². The van der Waals surface area contributed by atoms with Gasteiger partial charge in [0, 0.05) is 12.3 Å². The molecule has 4 nitrogen and oxygen atoms in total. The van der Waals surface area contributed by atoms with Crippen molar-refractivity contribution in [3.63, 3.8) is 0 Å². The summed E-state index contributed by atoms with van der Waals surface area (Å²) in [5.74, 6) is 0.860. The number of hydrogen-bond donors (Lipinski definition) is 1. The molecule has 0 aliphatic carbocycles. The molecule has 2 heterocycles. The summed E-state index contributed by atoms with van der Waals surface area (Å²) in [6, 6.07) is 7.92. The SMILES string of the molecule is C1=CC2=NC=Nc3ccccc3N2N1. The van der Waals surface area contributed by atoms with E-state index in [9.17, 15) is 0 Å². The maximum Gasteiger partial charge on any atom is 0.155 e. The van der Waals surface area contributed by atoms with Crippen molar-refractivity contribution >= 4 is 23.5 Å². The summed E-state index contributed by atoms with van der Waals surface area (Å²) in [5.41, 5.74) is 5.03. The van der Waals surface area contributed by atoms with Gasteiger partial charge in [-0.25, -0.2) is 15.0 Å². The lowest BCUT2D eigenvalue weighted by atomic mass is 10.2. The van der Waals surface area contributed by atoms with Crippen molar-refractivity contribution in [2.45, 2.75) is 0 Å². The summed E-state index contributed by atoms with van der Waals surface area (Å²) < 4.78 is 0. The highest BCUT2D eigenvalue weighted by atomic mass is 15.5. The minimum atomic E-state index is 0.860.